The SMILES string of the molecule is O=C(CSc1ccncc1)N(CCCc1ccccc1)Cc1ccc2ccccc2n1. The van der Waals surface area contributed by atoms with Crippen molar-refractivity contribution in [1.82, 2.24) is 14.9 Å². The molecule has 0 aliphatic carbocycles. The lowest BCUT2D eigenvalue weighted by molar-refractivity contribution is -0.129. The van der Waals surface area contributed by atoms with Crippen LogP contribution in [0.4, 0.5) is 0 Å². The van der Waals surface area contributed by atoms with E-state index >= 15 is 0 Å². The quantitative estimate of drug-likeness (QED) is 0.336. The molecule has 2 aromatic carbocycles. The minimum Gasteiger partial charge on any atom is -0.336 e. The molecule has 4 rings (SSSR count). The van der Waals surface area contributed by atoms with E-state index in [-0.39, 0.29) is 5.91 Å². The van der Waals surface area contributed by atoms with Crippen LogP contribution < -0.4 is 0 Å². The molecule has 4 nitrogen and oxygen atoms in total. The Morgan fingerprint density at radius 2 is 1.65 bits per heavy atom. The summed E-state index contributed by atoms with van der Waals surface area (Å²) in [7, 11) is 0. The smallest absolute Gasteiger partial charge is 0.233 e. The van der Waals surface area contributed by atoms with Crippen molar-refractivity contribution in [3.05, 3.63) is 103 Å². The zero-order valence-electron chi connectivity index (χ0n) is 17.4. The lowest BCUT2D eigenvalue weighted by Crippen LogP contribution is -2.33. The van der Waals surface area contributed by atoms with Crippen LogP contribution in [0, 0.1) is 0 Å². The molecule has 31 heavy (non-hydrogen) atoms. The van der Waals surface area contributed by atoms with Gasteiger partial charge in [0.25, 0.3) is 0 Å². The van der Waals surface area contributed by atoms with Gasteiger partial charge in [-0.05, 0) is 42.7 Å². The summed E-state index contributed by atoms with van der Waals surface area (Å²) >= 11 is 1.55. The molecule has 0 N–H and O–H groups in total. The molecule has 2 heterocycles. The Balaban J connectivity index is 1.44. The highest BCUT2D eigenvalue weighted by Crippen LogP contribution is 2.19. The second-order valence-corrected chi connectivity index (χ2v) is 8.42. The first-order chi connectivity index (χ1) is 15.3. The molecular weight excluding hydrogens is 402 g/mol. The van der Waals surface area contributed by atoms with Crippen LogP contribution in [0.25, 0.3) is 10.9 Å². The molecule has 156 valence electrons. The topological polar surface area (TPSA) is 46.1 Å². The molecular formula is C26H25N3OS. The Bertz CT molecular complexity index is 1120. The van der Waals surface area contributed by atoms with Gasteiger partial charge in [0, 0.05) is 29.2 Å². The van der Waals surface area contributed by atoms with Crippen molar-refractivity contribution >= 4 is 28.6 Å². The highest BCUT2D eigenvalue weighted by Gasteiger charge is 2.15. The van der Waals surface area contributed by atoms with E-state index in [1.807, 2.05) is 47.4 Å². The van der Waals surface area contributed by atoms with Crippen molar-refractivity contribution in [3.8, 4) is 0 Å². The second kappa shape index (κ2) is 10.7. The number of hydrogen-bond donors (Lipinski definition) is 0. The van der Waals surface area contributed by atoms with Crippen molar-refractivity contribution in [3.63, 3.8) is 0 Å². The van der Waals surface area contributed by atoms with E-state index in [4.69, 9.17) is 4.98 Å². The average molecular weight is 428 g/mol. The zero-order valence-corrected chi connectivity index (χ0v) is 18.2. The van der Waals surface area contributed by atoms with E-state index in [0.29, 0.717) is 18.8 Å². The third-order valence-corrected chi connectivity index (χ3v) is 6.11. The van der Waals surface area contributed by atoms with Gasteiger partial charge in [-0.2, -0.15) is 0 Å². The van der Waals surface area contributed by atoms with Gasteiger partial charge in [-0.15, -0.1) is 11.8 Å². The lowest BCUT2D eigenvalue weighted by atomic mass is 10.1. The number of aryl methyl sites for hydroxylation is 1. The van der Waals surface area contributed by atoms with Crippen molar-refractivity contribution in [2.75, 3.05) is 12.3 Å². The number of thioether (sulfide) groups is 1. The second-order valence-electron chi connectivity index (χ2n) is 7.37. The number of nitrogens with zero attached hydrogens (tertiary/aromatic N) is 3. The molecule has 0 bridgehead atoms. The summed E-state index contributed by atoms with van der Waals surface area (Å²) in [5.41, 5.74) is 3.17. The molecule has 0 unspecified atom stereocenters. The molecule has 2 aromatic heterocycles. The summed E-state index contributed by atoms with van der Waals surface area (Å²) in [6.07, 6.45) is 5.38. The van der Waals surface area contributed by atoms with Crippen LogP contribution in [-0.2, 0) is 17.8 Å². The Hall–Kier alpha value is -3.18. The van der Waals surface area contributed by atoms with Crippen molar-refractivity contribution < 1.29 is 4.79 Å². The van der Waals surface area contributed by atoms with Gasteiger partial charge in [0.1, 0.15) is 0 Å². The third-order valence-electron chi connectivity index (χ3n) is 5.11. The summed E-state index contributed by atoms with van der Waals surface area (Å²) in [6.45, 7) is 1.23. The molecule has 5 heteroatoms. The van der Waals surface area contributed by atoms with Crippen molar-refractivity contribution in [1.29, 1.82) is 0 Å². The maximum absolute atomic E-state index is 13.1. The molecule has 0 spiro atoms. The summed E-state index contributed by atoms with van der Waals surface area (Å²) in [5, 5.41) is 1.11. The van der Waals surface area contributed by atoms with Crippen LogP contribution >= 0.6 is 11.8 Å². The number of aromatic nitrogens is 2. The van der Waals surface area contributed by atoms with E-state index in [1.165, 1.54) is 5.56 Å². The monoisotopic (exact) mass is 427 g/mol. The summed E-state index contributed by atoms with van der Waals surface area (Å²) in [6, 6.07) is 26.5. The van der Waals surface area contributed by atoms with Crippen LogP contribution in [-0.4, -0.2) is 33.1 Å². The number of benzene rings is 2. The van der Waals surface area contributed by atoms with Gasteiger partial charge in [0.15, 0.2) is 0 Å². The number of carbonyl (C=O) groups excluding carboxylic acids is 1. The largest absolute Gasteiger partial charge is 0.336 e. The zero-order chi connectivity index (χ0) is 21.3. The van der Waals surface area contributed by atoms with Crippen LogP contribution in [0.3, 0.4) is 0 Å². The minimum absolute atomic E-state index is 0.129. The van der Waals surface area contributed by atoms with E-state index in [0.717, 1.165) is 34.3 Å². The van der Waals surface area contributed by atoms with Crippen molar-refractivity contribution in [2.45, 2.75) is 24.3 Å². The fourth-order valence-corrected chi connectivity index (χ4v) is 4.26. The van der Waals surface area contributed by atoms with Gasteiger partial charge < -0.3 is 4.90 Å². The van der Waals surface area contributed by atoms with Crippen molar-refractivity contribution in [2.24, 2.45) is 0 Å². The molecule has 0 saturated carbocycles. The average Bonchev–Trinajstić information content (AvgIpc) is 2.83. The lowest BCUT2D eigenvalue weighted by Gasteiger charge is -2.22. The first-order valence-corrected chi connectivity index (χ1v) is 11.5. The molecule has 0 fully saturated rings. The number of fused-ring (bicyclic) bond motifs is 1. The Kier molecular flexibility index (Phi) is 7.29. The summed E-state index contributed by atoms with van der Waals surface area (Å²) < 4.78 is 0. The summed E-state index contributed by atoms with van der Waals surface area (Å²) in [4.78, 5) is 24.9. The minimum atomic E-state index is 0.129. The van der Waals surface area contributed by atoms with E-state index in [9.17, 15) is 4.79 Å². The van der Waals surface area contributed by atoms with E-state index in [1.54, 1.807) is 24.2 Å². The molecule has 0 radical (unpaired) electrons. The number of pyridine rings is 2. The van der Waals surface area contributed by atoms with Gasteiger partial charge in [0.05, 0.1) is 23.5 Å². The Morgan fingerprint density at radius 1 is 0.871 bits per heavy atom. The van der Waals surface area contributed by atoms with E-state index < -0.39 is 0 Å². The van der Waals surface area contributed by atoms with Gasteiger partial charge in [-0.1, -0.05) is 54.6 Å². The fourth-order valence-electron chi connectivity index (χ4n) is 3.47. The van der Waals surface area contributed by atoms with Crippen LogP contribution in [0.5, 0.6) is 0 Å². The Morgan fingerprint density at radius 3 is 2.48 bits per heavy atom. The standard InChI is InChI=1S/C26H25N3OS/c30-26(20-31-24-14-16-27-17-15-24)29(18-6-9-21-7-2-1-3-8-21)19-23-13-12-22-10-4-5-11-25(22)28-23/h1-5,7-8,10-17H,6,9,18-20H2. The molecule has 4 aromatic rings. The molecule has 0 atom stereocenters. The van der Waals surface area contributed by atoms with Gasteiger partial charge >= 0.3 is 0 Å². The number of hydrogen-bond acceptors (Lipinski definition) is 4. The predicted molar refractivity (Wildman–Crippen MR) is 127 cm³/mol. The van der Waals surface area contributed by atoms with Gasteiger partial charge in [0.2, 0.25) is 5.91 Å². The van der Waals surface area contributed by atoms with Gasteiger partial charge in [-0.25, -0.2) is 0 Å². The fraction of sp³-hybridized carbons (Fsp3) is 0.192. The third kappa shape index (κ3) is 6.15. The number of para-hydroxylation sites is 1. The molecule has 0 saturated heterocycles. The van der Waals surface area contributed by atoms with Crippen LogP contribution in [0.2, 0.25) is 0 Å². The van der Waals surface area contributed by atoms with Gasteiger partial charge in [-0.3, -0.25) is 14.8 Å². The molecule has 0 aliphatic heterocycles. The molecule has 0 aliphatic rings. The van der Waals surface area contributed by atoms with E-state index in [2.05, 4.69) is 41.4 Å². The van der Waals surface area contributed by atoms with Crippen LogP contribution in [0.15, 0.2) is 96.2 Å². The molecule has 1 amide bonds. The first-order valence-electron chi connectivity index (χ1n) is 10.5. The number of amides is 1. The highest BCUT2D eigenvalue weighted by molar-refractivity contribution is 8.00. The first kappa shape index (κ1) is 21.1. The number of rotatable bonds is 9. The summed E-state index contributed by atoms with van der Waals surface area (Å²) in [5.74, 6) is 0.535. The Labute approximate surface area is 187 Å². The maximum atomic E-state index is 13.1. The number of carbonyl (C=O) groups is 1. The normalized spacial score (nSPS) is 10.8. The van der Waals surface area contributed by atoms with Crippen LogP contribution in [0.1, 0.15) is 17.7 Å². The highest BCUT2D eigenvalue weighted by atomic mass is 32.2. The predicted octanol–water partition coefficient (Wildman–Crippen LogP) is 5.38. The maximum Gasteiger partial charge on any atom is 0.233 e.